The van der Waals surface area contributed by atoms with Crippen LogP contribution in [0.15, 0.2) is 4.99 Å². The second kappa shape index (κ2) is 6.11. The molecule has 3 unspecified atom stereocenters. The first kappa shape index (κ1) is 17.1. The number of nitrogens with zero attached hydrogens (tertiary/aromatic N) is 3. The molecule has 0 aromatic heterocycles. The van der Waals surface area contributed by atoms with Crippen LogP contribution in [-0.2, 0) is 4.74 Å². The Morgan fingerprint density at radius 3 is 2.78 bits per heavy atom. The zero-order valence-corrected chi connectivity index (χ0v) is 13.7. The highest BCUT2D eigenvalue weighted by Gasteiger charge is 2.58. The molecule has 10 nitrogen and oxygen atoms in total. The minimum absolute atomic E-state index is 0.0231. The molecule has 23 heavy (non-hydrogen) atoms. The van der Waals surface area contributed by atoms with E-state index in [1.165, 1.54) is 4.90 Å². The second-order valence-corrected chi connectivity index (χ2v) is 6.29. The average molecular weight is 328 g/mol. The van der Waals surface area contributed by atoms with Gasteiger partial charge in [0, 0.05) is 20.5 Å². The van der Waals surface area contributed by atoms with Gasteiger partial charge in [0.15, 0.2) is 5.96 Å². The second-order valence-electron chi connectivity index (χ2n) is 6.29. The molecule has 2 aliphatic heterocycles. The zero-order valence-electron chi connectivity index (χ0n) is 13.7. The lowest BCUT2D eigenvalue weighted by atomic mass is 9.82. The molecule has 4 atom stereocenters. The number of amides is 1. The van der Waals surface area contributed by atoms with E-state index >= 15 is 0 Å². The highest BCUT2D eigenvalue weighted by Crippen LogP contribution is 2.34. The smallest absolute Gasteiger partial charge is 0.409 e. The Balaban J connectivity index is 2.32. The van der Waals surface area contributed by atoms with Gasteiger partial charge in [0.2, 0.25) is 0 Å². The van der Waals surface area contributed by atoms with Crippen molar-refractivity contribution < 1.29 is 19.2 Å². The molecule has 0 aromatic carbocycles. The Bertz CT molecular complexity index is 544. The van der Waals surface area contributed by atoms with E-state index in [4.69, 9.17) is 21.9 Å². The quantitative estimate of drug-likeness (QED) is 0.212. The first-order chi connectivity index (χ1) is 10.7. The molecule has 0 aromatic rings. The van der Waals surface area contributed by atoms with Crippen LogP contribution in [0.5, 0.6) is 0 Å². The van der Waals surface area contributed by atoms with E-state index in [0.717, 1.165) is 0 Å². The number of rotatable bonds is 3. The summed E-state index contributed by atoms with van der Waals surface area (Å²) < 4.78 is 7.10. The van der Waals surface area contributed by atoms with Crippen molar-refractivity contribution in [2.24, 2.45) is 22.2 Å². The van der Waals surface area contributed by atoms with Crippen LogP contribution in [0.25, 0.3) is 0 Å². The van der Waals surface area contributed by atoms with Gasteiger partial charge in [-0.1, -0.05) is 0 Å². The van der Waals surface area contributed by atoms with Crippen LogP contribution in [0, 0.1) is 0 Å². The maximum absolute atomic E-state index is 11.7. The topological polar surface area (TPSA) is 155 Å². The normalized spacial score (nSPS) is 32.8. The van der Waals surface area contributed by atoms with Crippen LogP contribution < -0.4 is 22.5 Å². The van der Waals surface area contributed by atoms with Crippen LogP contribution >= 0.6 is 0 Å². The Labute approximate surface area is 135 Å². The molecule has 0 spiro atoms. The highest BCUT2D eigenvalue weighted by molar-refractivity contribution is 5.77. The summed E-state index contributed by atoms with van der Waals surface area (Å²) in [6.07, 6.45) is -0.573. The lowest BCUT2D eigenvalue weighted by Gasteiger charge is -2.41. The standard InChI is InChI=1S/C13H25N7O3/c1-13-8(21)4-5-20(13)11(16)17-7(9(13)18-10(14)15)6-23-12(22)19(2)3/h7-9,21H,4-6H2,1-3H3,(H6,14,15,16,17,18)/p+1/t7?,8-,9?,13?/m0/s1. The fourth-order valence-electron chi connectivity index (χ4n) is 3.26. The van der Waals surface area contributed by atoms with Crippen molar-refractivity contribution in [2.75, 3.05) is 27.2 Å². The summed E-state index contributed by atoms with van der Waals surface area (Å²) in [6, 6.07) is -0.970. The molecule has 0 bridgehead atoms. The molecule has 2 rings (SSSR count). The zero-order chi connectivity index (χ0) is 17.4. The Kier molecular flexibility index (Phi) is 4.55. The number of aliphatic hydroxyl groups excluding tert-OH is 1. The van der Waals surface area contributed by atoms with E-state index in [2.05, 4.69) is 10.3 Å². The summed E-state index contributed by atoms with van der Waals surface area (Å²) in [5, 5.41) is 13.5. The molecule has 0 saturated carbocycles. The largest absolute Gasteiger partial charge is 0.446 e. The molecule has 130 valence electrons. The fourth-order valence-corrected chi connectivity index (χ4v) is 3.26. The predicted molar refractivity (Wildman–Crippen MR) is 84.9 cm³/mol. The van der Waals surface area contributed by atoms with Crippen LogP contribution in [0.2, 0.25) is 0 Å². The minimum atomic E-state index is -0.769. The molecular weight excluding hydrogens is 302 g/mol. The fraction of sp³-hybridized carbons (Fsp3) is 0.769. The molecule has 1 fully saturated rings. The van der Waals surface area contributed by atoms with E-state index < -0.39 is 29.8 Å². The summed E-state index contributed by atoms with van der Waals surface area (Å²) in [5.41, 5.74) is 16.4. The third-order valence-corrected chi connectivity index (χ3v) is 4.53. The van der Waals surface area contributed by atoms with Gasteiger partial charge in [-0.15, -0.1) is 0 Å². The number of fused-ring (bicyclic) bond motifs is 1. The molecule has 10 heteroatoms. The lowest BCUT2D eigenvalue weighted by molar-refractivity contribution is -0.600. The lowest BCUT2D eigenvalue weighted by Crippen LogP contribution is -2.70. The molecule has 2 aliphatic rings. The van der Waals surface area contributed by atoms with Crippen molar-refractivity contribution in [1.29, 1.82) is 0 Å². The number of aliphatic hydroxyl groups is 1. The van der Waals surface area contributed by atoms with Gasteiger partial charge in [-0.25, -0.2) is 9.79 Å². The van der Waals surface area contributed by atoms with Gasteiger partial charge in [-0.2, -0.15) is 0 Å². The van der Waals surface area contributed by atoms with Gasteiger partial charge in [-0.05, 0) is 6.92 Å². The molecular formula is C13H26N7O3+. The van der Waals surface area contributed by atoms with Crippen molar-refractivity contribution in [3.8, 4) is 0 Å². The number of guanidine groups is 2. The molecule has 1 amide bonds. The van der Waals surface area contributed by atoms with Gasteiger partial charge in [-0.3, -0.25) is 15.6 Å². The van der Waals surface area contributed by atoms with Crippen molar-refractivity contribution in [3.63, 3.8) is 0 Å². The number of nitrogens with one attached hydrogen (secondary N) is 1. The predicted octanol–water partition coefficient (Wildman–Crippen LogP) is -2.85. The van der Waals surface area contributed by atoms with Crippen molar-refractivity contribution in [1.82, 2.24) is 10.2 Å². The molecule has 8 N–H and O–H groups in total. The number of hydrogen-bond acceptors (Lipinski definition) is 6. The highest BCUT2D eigenvalue weighted by atomic mass is 16.6. The van der Waals surface area contributed by atoms with Gasteiger partial charge >= 0.3 is 12.1 Å². The van der Waals surface area contributed by atoms with E-state index in [1.807, 2.05) is 11.5 Å². The Morgan fingerprint density at radius 2 is 2.22 bits per heavy atom. The first-order valence-corrected chi connectivity index (χ1v) is 7.45. The number of hydrogen-bond donors (Lipinski definition) is 5. The van der Waals surface area contributed by atoms with Gasteiger partial charge in [0.25, 0.3) is 0 Å². The number of ether oxygens (including phenoxy) is 1. The van der Waals surface area contributed by atoms with Gasteiger partial charge < -0.3 is 26.2 Å². The third kappa shape index (κ3) is 2.98. The average Bonchev–Trinajstić information content (AvgIpc) is 2.77. The molecule has 0 radical (unpaired) electrons. The maximum atomic E-state index is 11.7. The summed E-state index contributed by atoms with van der Waals surface area (Å²) in [7, 11) is 3.18. The number of carbonyl (C=O) groups excluding carboxylic acids is 1. The van der Waals surface area contributed by atoms with E-state index in [1.54, 1.807) is 14.1 Å². The summed E-state index contributed by atoms with van der Waals surface area (Å²) >= 11 is 0. The first-order valence-electron chi connectivity index (χ1n) is 7.45. The number of aliphatic imine (C=N–C) groups is 1. The van der Waals surface area contributed by atoms with Crippen LogP contribution in [0.3, 0.4) is 0 Å². The molecule has 2 heterocycles. The van der Waals surface area contributed by atoms with Crippen molar-refractivity contribution in [3.05, 3.63) is 0 Å². The maximum Gasteiger partial charge on any atom is 0.409 e. The van der Waals surface area contributed by atoms with E-state index in [-0.39, 0.29) is 12.6 Å². The van der Waals surface area contributed by atoms with Crippen molar-refractivity contribution >= 4 is 18.0 Å². The van der Waals surface area contributed by atoms with Gasteiger partial charge in [0.05, 0.1) is 12.6 Å². The molecule has 1 saturated heterocycles. The van der Waals surface area contributed by atoms with Crippen LogP contribution in [0.4, 0.5) is 4.79 Å². The number of nitrogens with two attached hydrogens (primary N) is 3. The van der Waals surface area contributed by atoms with Crippen molar-refractivity contribution in [2.45, 2.75) is 37.1 Å². The summed E-state index contributed by atoms with van der Waals surface area (Å²) in [6.45, 7) is 2.47. The number of carbonyl (C=O) groups is 1. The van der Waals surface area contributed by atoms with E-state index in [9.17, 15) is 9.90 Å². The molecule has 0 aliphatic carbocycles. The van der Waals surface area contributed by atoms with E-state index in [0.29, 0.717) is 18.9 Å². The Morgan fingerprint density at radius 1 is 1.57 bits per heavy atom. The minimum Gasteiger partial charge on any atom is -0.446 e. The van der Waals surface area contributed by atoms with Crippen LogP contribution in [-0.4, -0.2) is 83.6 Å². The third-order valence-electron chi connectivity index (χ3n) is 4.53. The summed E-state index contributed by atoms with van der Waals surface area (Å²) in [5.74, 6) is 0.318. The van der Waals surface area contributed by atoms with Gasteiger partial charge in [0.1, 0.15) is 24.2 Å². The SMILES string of the molecule is CN(C)C(=O)OCC1NC(N)=[N+]2CC[C@H](O)C2(C)C1N=C(N)N. The van der Waals surface area contributed by atoms with Crippen LogP contribution in [0.1, 0.15) is 13.3 Å². The monoisotopic (exact) mass is 328 g/mol. The Hall–Kier alpha value is -2.23. The summed E-state index contributed by atoms with van der Waals surface area (Å²) in [4.78, 5) is 17.3.